The Morgan fingerprint density at radius 2 is 1.13 bits per heavy atom. The minimum absolute atomic E-state index is 0.698. The topological polar surface area (TPSA) is 26.1 Å². The van der Waals surface area contributed by atoms with Crippen molar-refractivity contribution in [1.82, 2.24) is 0 Å². The summed E-state index contributed by atoms with van der Waals surface area (Å²) in [6, 6.07) is 33.4. The molecule has 0 saturated carbocycles. The van der Waals surface area contributed by atoms with Crippen LogP contribution < -0.4 is 14.4 Å². The van der Waals surface area contributed by atoms with Gasteiger partial charge in [-0.3, -0.25) is 0 Å². The summed E-state index contributed by atoms with van der Waals surface area (Å²) in [4.78, 5) is 10.5. The van der Waals surface area contributed by atoms with Gasteiger partial charge in [-0.2, -0.15) is 0 Å². The molecule has 0 saturated heterocycles. The van der Waals surface area contributed by atoms with Crippen molar-refractivity contribution in [3.8, 4) is 31.7 Å². The number of benzene rings is 3. The molecule has 5 aromatic rings. The lowest BCUT2D eigenvalue weighted by molar-refractivity contribution is 0.415. The summed E-state index contributed by atoms with van der Waals surface area (Å²) in [6.45, 7) is 8.99. The first-order valence-electron chi connectivity index (χ1n) is 12.0. The monoisotopic (exact) mass is 534 g/mol. The number of methoxy groups -OCH3 is 2. The second-order valence-electron chi connectivity index (χ2n) is 8.54. The van der Waals surface area contributed by atoms with E-state index in [9.17, 15) is 0 Å². The maximum Gasteiger partial charge on any atom is 0.163 e. The molecule has 0 N–H and O–H groups in total. The summed E-state index contributed by atoms with van der Waals surface area (Å²) in [7, 11) is 3.35. The Morgan fingerprint density at radius 1 is 0.658 bits per heavy atom. The molecule has 0 atom stereocenters. The fraction of sp³-hybridized carbons (Fsp3) is 0.0938. The number of nitrogens with zero attached hydrogens (tertiary/aromatic N) is 2. The normalized spacial score (nSPS) is 11.2. The van der Waals surface area contributed by atoms with E-state index in [1.54, 1.807) is 36.9 Å². The van der Waals surface area contributed by atoms with Gasteiger partial charge in [-0.1, -0.05) is 12.1 Å². The smallest absolute Gasteiger partial charge is 0.163 e. The molecule has 4 nitrogen and oxygen atoms in total. The number of ether oxygens (including phenoxy) is 2. The van der Waals surface area contributed by atoms with Crippen molar-refractivity contribution in [2.75, 3.05) is 19.1 Å². The lowest BCUT2D eigenvalue weighted by Gasteiger charge is -2.26. The molecule has 0 aliphatic heterocycles. The van der Waals surface area contributed by atoms with E-state index in [2.05, 4.69) is 82.5 Å². The van der Waals surface area contributed by atoms with Gasteiger partial charge < -0.3 is 14.4 Å². The standard InChI is InChI=1S/C32H26N2O2S2/c1-22(33-2)21-29-17-18-31(37-29)32-20-19-30(38-32)23-5-7-24(8-6-23)34(25-9-13-27(35-3)14-10-25)26-11-15-28(36-4)16-12-26/h5-21H,1,3-4H3/b22-21-. The Kier molecular flexibility index (Phi) is 7.60. The lowest BCUT2D eigenvalue weighted by Crippen LogP contribution is -2.09. The highest BCUT2D eigenvalue weighted by Gasteiger charge is 2.14. The predicted octanol–water partition coefficient (Wildman–Crippen LogP) is 9.91. The first-order valence-corrected chi connectivity index (χ1v) is 13.7. The molecule has 38 heavy (non-hydrogen) atoms. The minimum Gasteiger partial charge on any atom is -0.497 e. The van der Waals surface area contributed by atoms with Crippen LogP contribution in [0.1, 0.15) is 11.8 Å². The Balaban J connectivity index is 1.43. The highest BCUT2D eigenvalue weighted by molar-refractivity contribution is 7.24. The van der Waals surface area contributed by atoms with Gasteiger partial charge in [-0.15, -0.1) is 22.7 Å². The average molecular weight is 535 g/mol. The molecular formula is C32H26N2O2S2. The number of allylic oxidation sites excluding steroid dienone is 1. The SMILES string of the molecule is [C-]#[N+]/C(C)=C\c1ccc(-c2ccc(-c3ccc(N(c4ccc(OC)cc4)c4ccc(OC)cc4)cc3)s2)s1. The van der Waals surface area contributed by atoms with Crippen molar-refractivity contribution in [3.63, 3.8) is 0 Å². The van der Waals surface area contributed by atoms with E-state index in [-0.39, 0.29) is 0 Å². The maximum atomic E-state index is 7.15. The van der Waals surface area contributed by atoms with Gasteiger partial charge in [0, 0.05) is 36.6 Å². The zero-order chi connectivity index (χ0) is 26.5. The number of hydrogen-bond donors (Lipinski definition) is 0. The highest BCUT2D eigenvalue weighted by atomic mass is 32.1. The lowest BCUT2D eigenvalue weighted by atomic mass is 10.1. The van der Waals surface area contributed by atoms with E-state index in [0.717, 1.165) is 33.4 Å². The van der Waals surface area contributed by atoms with Gasteiger partial charge in [-0.05, 0) is 103 Å². The van der Waals surface area contributed by atoms with Crippen molar-refractivity contribution in [1.29, 1.82) is 0 Å². The second kappa shape index (κ2) is 11.4. The highest BCUT2D eigenvalue weighted by Crippen LogP contribution is 2.40. The Hall–Kier alpha value is -4.31. The van der Waals surface area contributed by atoms with Crippen LogP contribution in [0.3, 0.4) is 0 Å². The molecule has 2 heterocycles. The van der Waals surface area contributed by atoms with Crippen LogP contribution in [-0.4, -0.2) is 14.2 Å². The zero-order valence-corrected chi connectivity index (χ0v) is 23.0. The molecule has 0 fully saturated rings. The summed E-state index contributed by atoms with van der Waals surface area (Å²) in [5.74, 6) is 1.64. The average Bonchev–Trinajstić information content (AvgIpc) is 3.64. The van der Waals surface area contributed by atoms with E-state index >= 15 is 0 Å². The molecule has 0 amide bonds. The van der Waals surface area contributed by atoms with Crippen molar-refractivity contribution < 1.29 is 9.47 Å². The third kappa shape index (κ3) is 5.50. The van der Waals surface area contributed by atoms with Crippen molar-refractivity contribution in [2.24, 2.45) is 0 Å². The molecular weight excluding hydrogens is 508 g/mol. The van der Waals surface area contributed by atoms with E-state index in [1.165, 1.54) is 20.2 Å². The van der Waals surface area contributed by atoms with Crippen molar-refractivity contribution >= 4 is 45.8 Å². The summed E-state index contributed by atoms with van der Waals surface area (Å²) in [5, 5.41) is 0. The molecule has 0 aliphatic rings. The summed E-state index contributed by atoms with van der Waals surface area (Å²) >= 11 is 3.49. The molecule has 188 valence electrons. The molecule has 3 aromatic carbocycles. The number of anilines is 3. The molecule has 2 aromatic heterocycles. The van der Waals surface area contributed by atoms with Crippen LogP contribution in [0, 0.1) is 6.57 Å². The third-order valence-electron chi connectivity index (χ3n) is 6.07. The summed E-state index contributed by atoms with van der Waals surface area (Å²) < 4.78 is 10.7. The van der Waals surface area contributed by atoms with Gasteiger partial charge in [0.1, 0.15) is 11.5 Å². The second-order valence-corrected chi connectivity index (χ2v) is 10.7. The van der Waals surface area contributed by atoms with Crippen LogP contribution in [0.4, 0.5) is 17.1 Å². The van der Waals surface area contributed by atoms with Gasteiger partial charge in [0.25, 0.3) is 0 Å². The predicted molar refractivity (Wildman–Crippen MR) is 161 cm³/mol. The van der Waals surface area contributed by atoms with Gasteiger partial charge >= 0.3 is 0 Å². The Bertz CT molecular complexity index is 1540. The van der Waals surface area contributed by atoms with Gasteiger partial charge in [0.05, 0.1) is 20.8 Å². The molecule has 5 rings (SSSR count). The van der Waals surface area contributed by atoms with E-state index in [0.29, 0.717) is 5.70 Å². The molecule has 0 aliphatic carbocycles. The quantitative estimate of drug-likeness (QED) is 0.185. The van der Waals surface area contributed by atoms with Crippen LogP contribution in [0.25, 0.3) is 31.1 Å². The largest absolute Gasteiger partial charge is 0.497 e. The first-order chi connectivity index (χ1) is 18.6. The van der Waals surface area contributed by atoms with E-state index < -0.39 is 0 Å². The van der Waals surface area contributed by atoms with Gasteiger partial charge in [-0.25, -0.2) is 4.85 Å². The van der Waals surface area contributed by atoms with Crippen molar-refractivity contribution in [2.45, 2.75) is 6.92 Å². The Morgan fingerprint density at radius 3 is 1.66 bits per heavy atom. The van der Waals surface area contributed by atoms with Crippen LogP contribution in [0.15, 0.2) is 103 Å². The summed E-state index contributed by atoms with van der Waals surface area (Å²) in [6.07, 6.45) is 1.94. The van der Waals surface area contributed by atoms with E-state index in [4.69, 9.17) is 16.0 Å². The van der Waals surface area contributed by atoms with Gasteiger partial charge in [0.2, 0.25) is 0 Å². The third-order valence-corrected chi connectivity index (χ3v) is 8.44. The molecule has 0 radical (unpaired) electrons. The number of hydrogen-bond acceptors (Lipinski definition) is 5. The minimum atomic E-state index is 0.698. The molecule has 0 unspecified atom stereocenters. The molecule has 6 heteroatoms. The number of rotatable bonds is 8. The summed E-state index contributed by atoms with van der Waals surface area (Å²) in [5.41, 5.74) is 5.01. The fourth-order valence-corrected chi connectivity index (χ4v) is 6.22. The fourth-order valence-electron chi connectivity index (χ4n) is 4.11. The molecule has 0 spiro atoms. The number of thiophene rings is 2. The van der Waals surface area contributed by atoms with Crippen LogP contribution in [0.5, 0.6) is 11.5 Å². The van der Waals surface area contributed by atoms with Crippen LogP contribution >= 0.6 is 22.7 Å². The zero-order valence-electron chi connectivity index (χ0n) is 21.3. The van der Waals surface area contributed by atoms with E-state index in [1.807, 2.05) is 37.3 Å². The maximum absolute atomic E-state index is 7.15. The van der Waals surface area contributed by atoms with Gasteiger partial charge in [0.15, 0.2) is 5.70 Å². The Labute approximate surface area is 231 Å². The van der Waals surface area contributed by atoms with Crippen LogP contribution in [0.2, 0.25) is 0 Å². The first kappa shape index (κ1) is 25.3. The molecule has 0 bridgehead atoms. The van der Waals surface area contributed by atoms with Crippen molar-refractivity contribution in [3.05, 3.63) is 119 Å². The van der Waals surface area contributed by atoms with Crippen LogP contribution in [-0.2, 0) is 0 Å².